The van der Waals surface area contributed by atoms with Gasteiger partial charge in [-0.05, 0) is 49.4 Å². The number of rotatable bonds is 3. The van der Waals surface area contributed by atoms with Gasteiger partial charge in [-0.15, -0.1) is 0 Å². The van der Waals surface area contributed by atoms with Crippen molar-refractivity contribution in [1.29, 1.82) is 0 Å². The fraction of sp³-hybridized carbons (Fsp3) is 0.294. The molecule has 2 heteroatoms. The molecule has 2 aromatic rings. The van der Waals surface area contributed by atoms with Gasteiger partial charge < -0.3 is 5.32 Å². The summed E-state index contributed by atoms with van der Waals surface area (Å²) < 4.78 is 0. The van der Waals surface area contributed by atoms with Crippen LogP contribution in [-0.4, -0.2) is 6.04 Å². The van der Waals surface area contributed by atoms with Crippen molar-refractivity contribution in [1.82, 2.24) is 0 Å². The average molecular weight is 272 g/mol. The number of halogens is 1. The van der Waals surface area contributed by atoms with Gasteiger partial charge in [0.1, 0.15) is 0 Å². The molecule has 0 saturated heterocycles. The van der Waals surface area contributed by atoms with Crippen LogP contribution in [-0.2, 0) is 0 Å². The Bertz CT molecular complexity index is 556. The van der Waals surface area contributed by atoms with E-state index in [-0.39, 0.29) is 0 Å². The number of aryl methyl sites for hydroxylation is 1. The minimum absolute atomic E-state index is 0.573. The molecular weight excluding hydrogens is 254 g/mol. The summed E-state index contributed by atoms with van der Waals surface area (Å²) in [6, 6.07) is 17.4. The second-order valence-corrected chi connectivity index (χ2v) is 5.80. The van der Waals surface area contributed by atoms with Crippen molar-refractivity contribution in [2.24, 2.45) is 0 Å². The van der Waals surface area contributed by atoms with Crippen LogP contribution in [0.3, 0.4) is 0 Å². The van der Waals surface area contributed by atoms with Crippen molar-refractivity contribution in [2.75, 3.05) is 5.32 Å². The van der Waals surface area contributed by atoms with Crippen LogP contribution in [0.2, 0.25) is 5.02 Å². The van der Waals surface area contributed by atoms with Crippen molar-refractivity contribution in [2.45, 2.75) is 31.7 Å². The third kappa shape index (κ3) is 2.76. The summed E-state index contributed by atoms with van der Waals surface area (Å²) in [6.07, 6.45) is 2.33. The zero-order chi connectivity index (χ0) is 13.2. The van der Waals surface area contributed by atoms with E-state index in [2.05, 4.69) is 48.6 Å². The van der Waals surface area contributed by atoms with Gasteiger partial charge in [0, 0.05) is 16.8 Å². The lowest BCUT2D eigenvalue weighted by Gasteiger charge is -2.37. The fourth-order valence-electron chi connectivity index (χ4n) is 2.68. The molecule has 0 atom stereocenters. The molecule has 1 fully saturated rings. The topological polar surface area (TPSA) is 12.0 Å². The molecule has 1 nitrogen and oxygen atoms in total. The highest BCUT2D eigenvalue weighted by atomic mass is 35.5. The lowest BCUT2D eigenvalue weighted by molar-refractivity contribution is 0.374. The first-order valence-corrected chi connectivity index (χ1v) is 7.18. The molecule has 0 spiro atoms. The number of benzene rings is 2. The van der Waals surface area contributed by atoms with Crippen LogP contribution in [0.25, 0.3) is 0 Å². The first kappa shape index (κ1) is 12.6. The van der Waals surface area contributed by atoms with E-state index in [1.165, 1.54) is 16.8 Å². The molecule has 0 aromatic heterocycles. The van der Waals surface area contributed by atoms with Crippen molar-refractivity contribution in [3.63, 3.8) is 0 Å². The van der Waals surface area contributed by atoms with Crippen LogP contribution in [0.15, 0.2) is 48.5 Å². The van der Waals surface area contributed by atoms with E-state index in [1.54, 1.807) is 0 Å². The van der Waals surface area contributed by atoms with Gasteiger partial charge in [-0.2, -0.15) is 0 Å². The Morgan fingerprint density at radius 2 is 1.68 bits per heavy atom. The quantitative estimate of drug-likeness (QED) is 0.828. The minimum Gasteiger partial charge on any atom is -0.382 e. The van der Waals surface area contributed by atoms with Crippen molar-refractivity contribution < 1.29 is 0 Å². The maximum absolute atomic E-state index is 6.24. The SMILES string of the molecule is Cc1ccc(NC2CC(c3ccccc3Cl)C2)cc1. The van der Waals surface area contributed by atoms with Crippen LogP contribution in [0.4, 0.5) is 5.69 Å². The van der Waals surface area contributed by atoms with E-state index in [4.69, 9.17) is 11.6 Å². The molecule has 2 aromatic carbocycles. The van der Waals surface area contributed by atoms with E-state index in [9.17, 15) is 0 Å². The molecular formula is C17H18ClN. The molecule has 0 amide bonds. The zero-order valence-corrected chi connectivity index (χ0v) is 11.8. The predicted octanol–water partition coefficient (Wildman–Crippen LogP) is 5.01. The smallest absolute Gasteiger partial charge is 0.0440 e. The molecule has 0 heterocycles. The largest absolute Gasteiger partial charge is 0.382 e. The molecule has 1 saturated carbocycles. The third-order valence-electron chi connectivity index (χ3n) is 3.91. The van der Waals surface area contributed by atoms with Crippen LogP contribution < -0.4 is 5.32 Å². The van der Waals surface area contributed by atoms with E-state index in [1.807, 2.05) is 12.1 Å². The highest BCUT2D eigenvalue weighted by molar-refractivity contribution is 6.31. The summed E-state index contributed by atoms with van der Waals surface area (Å²) in [5.41, 5.74) is 3.81. The Hall–Kier alpha value is -1.47. The molecule has 0 unspecified atom stereocenters. The lowest BCUT2D eigenvalue weighted by atomic mass is 9.76. The number of nitrogens with one attached hydrogen (secondary N) is 1. The minimum atomic E-state index is 0.573. The molecule has 1 N–H and O–H groups in total. The van der Waals surface area contributed by atoms with Crippen LogP contribution in [0.1, 0.15) is 29.9 Å². The monoisotopic (exact) mass is 271 g/mol. The maximum Gasteiger partial charge on any atom is 0.0440 e. The second kappa shape index (κ2) is 5.26. The summed E-state index contributed by atoms with van der Waals surface area (Å²) in [4.78, 5) is 0. The van der Waals surface area contributed by atoms with Gasteiger partial charge in [-0.3, -0.25) is 0 Å². The summed E-state index contributed by atoms with van der Waals surface area (Å²) in [5, 5.41) is 4.49. The predicted molar refractivity (Wildman–Crippen MR) is 82.0 cm³/mol. The van der Waals surface area contributed by atoms with E-state index < -0.39 is 0 Å². The van der Waals surface area contributed by atoms with Gasteiger partial charge in [-0.1, -0.05) is 47.5 Å². The summed E-state index contributed by atoms with van der Waals surface area (Å²) in [5.74, 6) is 0.608. The summed E-state index contributed by atoms with van der Waals surface area (Å²) in [6.45, 7) is 2.11. The highest BCUT2D eigenvalue weighted by Gasteiger charge is 2.31. The average Bonchev–Trinajstić information content (AvgIpc) is 2.37. The normalized spacial score (nSPS) is 21.8. The Morgan fingerprint density at radius 1 is 1.00 bits per heavy atom. The van der Waals surface area contributed by atoms with Crippen molar-refractivity contribution >= 4 is 17.3 Å². The van der Waals surface area contributed by atoms with Gasteiger partial charge in [0.2, 0.25) is 0 Å². The lowest BCUT2D eigenvalue weighted by Crippen LogP contribution is -2.34. The Morgan fingerprint density at radius 3 is 2.37 bits per heavy atom. The maximum atomic E-state index is 6.24. The van der Waals surface area contributed by atoms with Crippen LogP contribution >= 0.6 is 11.6 Å². The van der Waals surface area contributed by atoms with Gasteiger partial charge in [0.05, 0.1) is 0 Å². The van der Waals surface area contributed by atoms with E-state index >= 15 is 0 Å². The Kier molecular flexibility index (Phi) is 3.48. The molecule has 19 heavy (non-hydrogen) atoms. The van der Waals surface area contributed by atoms with E-state index in [0.29, 0.717) is 12.0 Å². The molecule has 1 aliphatic rings. The Balaban J connectivity index is 1.58. The van der Waals surface area contributed by atoms with Gasteiger partial charge in [-0.25, -0.2) is 0 Å². The van der Waals surface area contributed by atoms with Gasteiger partial charge >= 0.3 is 0 Å². The molecule has 0 radical (unpaired) electrons. The Labute approximate surface area is 119 Å². The number of hydrogen-bond donors (Lipinski definition) is 1. The third-order valence-corrected chi connectivity index (χ3v) is 4.25. The number of anilines is 1. The highest BCUT2D eigenvalue weighted by Crippen LogP contribution is 2.41. The molecule has 1 aliphatic carbocycles. The second-order valence-electron chi connectivity index (χ2n) is 5.40. The standard InChI is InChI=1S/C17H18ClN/c1-12-6-8-14(9-7-12)19-15-10-13(11-15)16-4-2-3-5-17(16)18/h2-9,13,15,19H,10-11H2,1H3. The van der Waals surface area contributed by atoms with Gasteiger partial charge in [0.25, 0.3) is 0 Å². The van der Waals surface area contributed by atoms with Crippen molar-refractivity contribution in [3.8, 4) is 0 Å². The first-order chi connectivity index (χ1) is 9.22. The fourth-order valence-corrected chi connectivity index (χ4v) is 2.97. The summed E-state index contributed by atoms with van der Waals surface area (Å²) in [7, 11) is 0. The first-order valence-electron chi connectivity index (χ1n) is 6.80. The van der Waals surface area contributed by atoms with Crippen LogP contribution in [0, 0.1) is 6.92 Å². The molecule has 3 rings (SSSR count). The van der Waals surface area contributed by atoms with Crippen LogP contribution in [0.5, 0.6) is 0 Å². The molecule has 0 aliphatic heterocycles. The molecule has 98 valence electrons. The number of hydrogen-bond acceptors (Lipinski definition) is 1. The summed E-state index contributed by atoms with van der Waals surface area (Å²) >= 11 is 6.24. The molecule has 0 bridgehead atoms. The zero-order valence-electron chi connectivity index (χ0n) is 11.1. The van der Waals surface area contributed by atoms with E-state index in [0.717, 1.165) is 17.9 Å². The van der Waals surface area contributed by atoms with Crippen molar-refractivity contribution in [3.05, 3.63) is 64.7 Å². The van der Waals surface area contributed by atoms with Gasteiger partial charge in [0.15, 0.2) is 0 Å².